The fourth-order valence-corrected chi connectivity index (χ4v) is 4.05. The molecule has 0 radical (unpaired) electrons. The van der Waals surface area contributed by atoms with E-state index in [9.17, 15) is 18.0 Å². The molecule has 1 aliphatic rings. The van der Waals surface area contributed by atoms with E-state index in [-0.39, 0.29) is 15.4 Å². The number of carbonyl (C=O) groups is 1. The van der Waals surface area contributed by atoms with Crippen LogP contribution in [-0.2, 0) is 6.18 Å². The summed E-state index contributed by atoms with van der Waals surface area (Å²) in [7, 11) is 0. The summed E-state index contributed by atoms with van der Waals surface area (Å²) in [5.74, 6) is -1.19. The molecule has 1 heterocycles. The first-order valence-corrected chi connectivity index (χ1v) is 6.11. The van der Waals surface area contributed by atoms with Gasteiger partial charge in [0.05, 0.1) is 11.1 Å². The maximum atomic E-state index is 12.6. The van der Waals surface area contributed by atoms with Crippen LogP contribution in [0.1, 0.15) is 15.9 Å². The van der Waals surface area contributed by atoms with Gasteiger partial charge in [-0.25, -0.2) is 4.79 Å². The van der Waals surface area contributed by atoms with Gasteiger partial charge in [0.2, 0.25) is 0 Å². The number of hydrogen-bond acceptors (Lipinski definition) is 3. The molecule has 0 saturated carbocycles. The van der Waals surface area contributed by atoms with Gasteiger partial charge in [0.15, 0.2) is 0 Å². The Morgan fingerprint density at radius 1 is 1.25 bits per heavy atom. The van der Waals surface area contributed by atoms with Crippen molar-refractivity contribution in [3.63, 3.8) is 0 Å². The van der Waals surface area contributed by atoms with E-state index in [1.807, 2.05) is 0 Å². The van der Waals surface area contributed by atoms with Crippen LogP contribution in [0.25, 0.3) is 0 Å². The molecule has 0 fully saturated rings. The zero-order chi connectivity index (χ0) is 11.9. The van der Waals surface area contributed by atoms with Gasteiger partial charge in [0.1, 0.15) is 0 Å². The highest BCUT2D eigenvalue weighted by molar-refractivity contribution is 8.18. The van der Waals surface area contributed by atoms with Crippen LogP contribution in [0.5, 0.6) is 0 Å². The molecule has 2 nitrogen and oxygen atoms in total. The summed E-state index contributed by atoms with van der Waals surface area (Å²) in [6.45, 7) is 0. The van der Waals surface area contributed by atoms with Crippen LogP contribution >= 0.6 is 23.5 Å². The van der Waals surface area contributed by atoms with E-state index in [1.54, 1.807) is 0 Å². The Balaban J connectivity index is 2.62. The molecule has 0 bridgehead atoms. The second-order valence-corrected chi connectivity index (χ2v) is 5.37. The van der Waals surface area contributed by atoms with Crippen LogP contribution in [0.4, 0.5) is 13.2 Å². The highest BCUT2D eigenvalue weighted by Crippen LogP contribution is 2.49. The third-order valence-electron chi connectivity index (χ3n) is 2.05. The van der Waals surface area contributed by atoms with Crippen molar-refractivity contribution in [3.8, 4) is 0 Å². The summed E-state index contributed by atoms with van der Waals surface area (Å²) in [5, 5.41) is 9.26. The molecule has 1 aromatic rings. The van der Waals surface area contributed by atoms with Crippen LogP contribution in [0.2, 0.25) is 0 Å². The van der Waals surface area contributed by atoms with Gasteiger partial charge in [0.25, 0.3) is 0 Å². The van der Waals surface area contributed by atoms with Crippen molar-refractivity contribution in [1.29, 1.82) is 0 Å². The summed E-state index contributed by atoms with van der Waals surface area (Å²) in [4.78, 5) is 11.1. The van der Waals surface area contributed by atoms with Crippen molar-refractivity contribution in [2.75, 3.05) is 5.08 Å². The molecule has 7 heteroatoms. The van der Waals surface area contributed by atoms with Crippen molar-refractivity contribution in [2.45, 2.75) is 16.0 Å². The molecule has 2 rings (SSSR count). The van der Waals surface area contributed by atoms with Crippen LogP contribution in [0.15, 0.2) is 21.9 Å². The Labute approximate surface area is 97.2 Å². The molecule has 0 atom stereocenters. The fraction of sp³-hybridized carbons (Fsp3) is 0.222. The first-order chi connectivity index (χ1) is 7.41. The van der Waals surface area contributed by atoms with Gasteiger partial charge in [-0.3, -0.25) is 0 Å². The molecule has 1 aromatic carbocycles. The van der Waals surface area contributed by atoms with Crippen LogP contribution in [-0.4, -0.2) is 16.2 Å². The number of aromatic carboxylic acids is 1. The Morgan fingerprint density at radius 3 is 2.44 bits per heavy atom. The number of carboxylic acid groups (broad SMARTS) is 1. The van der Waals surface area contributed by atoms with E-state index < -0.39 is 17.7 Å². The first kappa shape index (κ1) is 11.7. The third-order valence-corrected chi connectivity index (χ3v) is 4.55. The van der Waals surface area contributed by atoms with Gasteiger partial charge in [-0.2, -0.15) is 13.2 Å². The molecule has 1 N–H and O–H groups in total. The topological polar surface area (TPSA) is 37.3 Å². The lowest BCUT2D eigenvalue weighted by molar-refractivity contribution is -0.140. The maximum Gasteiger partial charge on any atom is 0.417 e. The summed E-state index contributed by atoms with van der Waals surface area (Å²) in [5.41, 5.74) is -0.805. The van der Waals surface area contributed by atoms with E-state index in [0.717, 1.165) is 35.7 Å². The average Bonchev–Trinajstić information content (AvgIpc) is 2.61. The first-order valence-electron chi connectivity index (χ1n) is 4.14. The highest BCUT2D eigenvalue weighted by atomic mass is 32.2. The van der Waals surface area contributed by atoms with E-state index in [1.165, 1.54) is 0 Å². The van der Waals surface area contributed by atoms with Crippen molar-refractivity contribution in [1.82, 2.24) is 0 Å². The number of hydrogen-bond donors (Lipinski definition) is 1. The summed E-state index contributed by atoms with van der Waals surface area (Å²) in [6.07, 6.45) is -4.43. The second-order valence-electron chi connectivity index (χ2n) is 3.03. The minimum Gasteiger partial charge on any atom is -0.478 e. The minimum atomic E-state index is -4.43. The number of thioether (sulfide) groups is 2. The van der Waals surface area contributed by atoms with Crippen molar-refractivity contribution in [2.24, 2.45) is 0 Å². The van der Waals surface area contributed by atoms with Gasteiger partial charge in [0, 0.05) is 14.9 Å². The molecule has 0 amide bonds. The number of benzene rings is 1. The lowest BCUT2D eigenvalue weighted by Crippen LogP contribution is -2.09. The molecule has 0 unspecified atom stereocenters. The number of carboxylic acids is 1. The quantitative estimate of drug-likeness (QED) is 0.843. The minimum absolute atomic E-state index is 0.0393. The van der Waals surface area contributed by atoms with Crippen LogP contribution in [0.3, 0.4) is 0 Å². The summed E-state index contributed by atoms with van der Waals surface area (Å²) < 4.78 is 37.8. The molecule has 0 aromatic heterocycles. The summed E-state index contributed by atoms with van der Waals surface area (Å²) >= 11 is 2.17. The predicted molar refractivity (Wildman–Crippen MR) is 55.0 cm³/mol. The largest absolute Gasteiger partial charge is 0.478 e. The highest BCUT2D eigenvalue weighted by Gasteiger charge is 2.37. The molecule has 0 spiro atoms. The maximum absolute atomic E-state index is 12.6. The van der Waals surface area contributed by atoms with Crippen LogP contribution in [0, 0.1) is 0 Å². The number of alkyl halides is 3. The Bertz CT molecular complexity index is 457. The number of fused-ring (bicyclic) bond motifs is 1. The summed E-state index contributed by atoms with van der Waals surface area (Å²) in [6, 6.07) is 1.85. The zero-order valence-electron chi connectivity index (χ0n) is 7.67. The SMILES string of the molecule is O=C(O)c1ccc(C(F)(F)F)c2c1SCS2. The number of rotatable bonds is 1. The van der Waals surface area contributed by atoms with Crippen molar-refractivity contribution in [3.05, 3.63) is 23.3 Å². The van der Waals surface area contributed by atoms with Crippen LogP contribution < -0.4 is 0 Å². The van der Waals surface area contributed by atoms with E-state index in [2.05, 4.69) is 0 Å². The van der Waals surface area contributed by atoms with Gasteiger partial charge < -0.3 is 5.11 Å². The van der Waals surface area contributed by atoms with E-state index >= 15 is 0 Å². The third kappa shape index (κ3) is 1.89. The smallest absolute Gasteiger partial charge is 0.417 e. The van der Waals surface area contributed by atoms with Gasteiger partial charge >= 0.3 is 12.1 Å². The fourth-order valence-electron chi connectivity index (χ4n) is 1.39. The zero-order valence-corrected chi connectivity index (χ0v) is 9.30. The standard InChI is InChI=1S/C9H5F3O2S2/c10-9(11,12)5-2-1-4(8(13)14)6-7(5)16-3-15-6/h1-2H,3H2,(H,13,14). The average molecular weight is 266 g/mol. The lowest BCUT2D eigenvalue weighted by atomic mass is 10.1. The molecular weight excluding hydrogens is 261 g/mol. The van der Waals surface area contributed by atoms with Gasteiger partial charge in [-0.05, 0) is 12.1 Å². The Hall–Kier alpha value is -0.820. The molecule has 86 valence electrons. The van der Waals surface area contributed by atoms with Gasteiger partial charge in [-0.1, -0.05) is 0 Å². The van der Waals surface area contributed by atoms with Crippen molar-refractivity contribution >= 4 is 29.5 Å². The van der Waals surface area contributed by atoms with E-state index in [0.29, 0.717) is 5.08 Å². The van der Waals surface area contributed by atoms with Crippen molar-refractivity contribution < 1.29 is 23.1 Å². The molecule has 16 heavy (non-hydrogen) atoms. The molecular formula is C9H5F3O2S2. The molecule has 0 saturated heterocycles. The van der Waals surface area contributed by atoms with Gasteiger partial charge in [-0.15, -0.1) is 23.5 Å². The monoisotopic (exact) mass is 266 g/mol. The second kappa shape index (κ2) is 3.89. The Kier molecular flexibility index (Phi) is 2.83. The number of halogens is 3. The van der Waals surface area contributed by atoms with E-state index in [4.69, 9.17) is 5.11 Å². The molecule has 0 aliphatic carbocycles. The molecule has 1 aliphatic heterocycles. The Morgan fingerprint density at radius 2 is 1.88 bits per heavy atom. The lowest BCUT2D eigenvalue weighted by Gasteiger charge is -2.12. The predicted octanol–water partition coefficient (Wildman–Crippen LogP) is 3.56. The normalized spacial score (nSPS) is 14.9.